The molecule has 1 aromatic carbocycles. The molecule has 1 aromatic heterocycles. The van der Waals surface area contributed by atoms with Crippen molar-refractivity contribution in [2.24, 2.45) is 0 Å². The van der Waals surface area contributed by atoms with Gasteiger partial charge < -0.3 is 10.2 Å². The molecule has 7 nitrogen and oxygen atoms in total. The number of hydrogen-bond acceptors (Lipinski definition) is 6. The van der Waals surface area contributed by atoms with E-state index in [2.05, 4.69) is 27.4 Å². The molecule has 2 heterocycles. The topological polar surface area (TPSA) is 84.2 Å². The average molecular weight is 339 g/mol. The van der Waals surface area contributed by atoms with Crippen LogP contribution in [0.1, 0.15) is 36.8 Å². The number of hydrogen-bond donors (Lipinski definition) is 1. The molecule has 2 aliphatic rings. The first-order valence-electron chi connectivity index (χ1n) is 8.80. The predicted octanol–water partition coefficient (Wildman–Crippen LogP) is 3.30. The summed E-state index contributed by atoms with van der Waals surface area (Å²) in [6.45, 7) is 1.36. The van der Waals surface area contributed by atoms with Gasteiger partial charge >= 0.3 is 5.69 Å². The van der Waals surface area contributed by atoms with Gasteiger partial charge in [0.1, 0.15) is 6.33 Å². The Balaban J connectivity index is 1.66. The molecule has 130 valence electrons. The van der Waals surface area contributed by atoms with Crippen molar-refractivity contribution >= 4 is 17.3 Å². The van der Waals surface area contributed by atoms with Crippen molar-refractivity contribution in [3.8, 4) is 0 Å². The van der Waals surface area contributed by atoms with E-state index in [1.54, 1.807) is 0 Å². The number of rotatable bonds is 4. The Bertz CT molecular complexity index is 789. The third-order valence-electron chi connectivity index (χ3n) is 5.11. The molecule has 2 aromatic rings. The Labute approximate surface area is 146 Å². The fraction of sp³-hybridized carbons (Fsp3) is 0.444. The molecule has 1 aliphatic heterocycles. The predicted molar refractivity (Wildman–Crippen MR) is 95.8 cm³/mol. The molecule has 25 heavy (non-hydrogen) atoms. The molecular weight excluding hydrogens is 318 g/mol. The Hall–Kier alpha value is -2.70. The second kappa shape index (κ2) is 6.66. The minimum absolute atomic E-state index is 0.00576. The molecule has 0 atom stereocenters. The molecule has 1 N–H and O–H groups in total. The van der Waals surface area contributed by atoms with Crippen molar-refractivity contribution in [2.45, 2.75) is 44.7 Å². The van der Waals surface area contributed by atoms with Gasteiger partial charge in [-0.05, 0) is 30.4 Å². The smallest absolute Gasteiger partial charge is 0.353 e. The van der Waals surface area contributed by atoms with Crippen LogP contribution < -0.4 is 10.2 Å². The van der Waals surface area contributed by atoms with Gasteiger partial charge in [-0.2, -0.15) is 0 Å². The fourth-order valence-electron chi connectivity index (χ4n) is 3.81. The van der Waals surface area contributed by atoms with Crippen LogP contribution in [-0.2, 0) is 13.0 Å². The highest BCUT2D eigenvalue weighted by Crippen LogP contribution is 2.35. The summed E-state index contributed by atoms with van der Waals surface area (Å²) in [7, 11) is 0. The average Bonchev–Trinajstić information content (AvgIpc) is 3.14. The molecule has 0 unspecified atom stereocenters. The monoisotopic (exact) mass is 339 g/mol. The number of anilines is 2. The molecule has 0 radical (unpaired) electrons. The van der Waals surface area contributed by atoms with E-state index in [1.165, 1.54) is 17.5 Å². The highest BCUT2D eigenvalue weighted by atomic mass is 16.6. The van der Waals surface area contributed by atoms with Crippen LogP contribution in [0, 0.1) is 10.1 Å². The van der Waals surface area contributed by atoms with Crippen LogP contribution in [0.15, 0.2) is 30.6 Å². The lowest BCUT2D eigenvalue weighted by Gasteiger charge is -2.29. The molecule has 0 saturated heterocycles. The van der Waals surface area contributed by atoms with E-state index in [0.717, 1.165) is 38.6 Å². The first-order chi connectivity index (χ1) is 12.2. The van der Waals surface area contributed by atoms with Crippen LogP contribution in [0.2, 0.25) is 0 Å². The van der Waals surface area contributed by atoms with Gasteiger partial charge in [-0.15, -0.1) is 0 Å². The van der Waals surface area contributed by atoms with E-state index in [9.17, 15) is 10.1 Å². The molecule has 0 spiro atoms. The zero-order valence-electron chi connectivity index (χ0n) is 14.0. The lowest BCUT2D eigenvalue weighted by Crippen LogP contribution is -2.32. The minimum Gasteiger partial charge on any atom is -0.361 e. The lowest BCUT2D eigenvalue weighted by molar-refractivity contribution is -0.383. The molecule has 1 fully saturated rings. The third-order valence-corrected chi connectivity index (χ3v) is 5.11. The minimum atomic E-state index is -0.354. The molecule has 0 bridgehead atoms. The largest absolute Gasteiger partial charge is 0.361 e. The maximum atomic E-state index is 11.8. The Morgan fingerprint density at radius 2 is 1.92 bits per heavy atom. The fourth-order valence-corrected chi connectivity index (χ4v) is 3.81. The van der Waals surface area contributed by atoms with E-state index >= 15 is 0 Å². The standard InChI is InChI=1S/C18H21N5O2/c24-23(25)16-17(21-15-7-3-4-8-15)19-12-20-18(16)22-10-9-13-5-1-2-6-14(13)11-22/h1-2,5-6,12,15H,3-4,7-11H2,(H,19,20,21). The lowest BCUT2D eigenvalue weighted by atomic mass is 10.00. The van der Waals surface area contributed by atoms with Crippen molar-refractivity contribution in [2.75, 3.05) is 16.8 Å². The maximum Gasteiger partial charge on any atom is 0.353 e. The summed E-state index contributed by atoms with van der Waals surface area (Å²) in [6.07, 6.45) is 6.68. The number of nitrogens with one attached hydrogen (secondary N) is 1. The quantitative estimate of drug-likeness (QED) is 0.679. The Morgan fingerprint density at radius 3 is 2.68 bits per heavy atom. The molecule has 4 rings (SSSR count). The van der Waals surface area contributed by atoms with Gasteiger partial charge in [0.15, 0.2) is 0 Å². The summed E-state index contributed by atoms with van der Waals surface area (Å²) in [5.41, 5.74) is 2.50. The van der Waals surface area contributed by atoms with Gasteiger partial charge in [-0.25, -0.2) is 9.97 Å². The van der Waals surface area contributed by atoms with Gasteiger partial charge in [-0.3, -0.25) is 10.1 Å². The van der Waals surface area contributed by atoms with Crippen molar-refractivity contribution in [1.82, 2.24) is 9.97 Å². The highest BCUT2D eigenvalue weighted by Gasteiger charge is 2.30. The van der Waals surface area contributed by atoms with Crippen LogP contribution in [0.4, 0.5) is 17.3 Å². The van der Waals surface area contributed by atoms with Gasteiger partial charge in [0, 0.05) is 19.1 Å². The van der Waals surface area contributed by atoms with Crippen molar-refractivity contribution in [1.29, 1.82) is 0 Å². The summed E-state index contributed by atoms with van der Waals surface area (Å²) in [4.78, 5) is 21.8. The third kappa shape index (κ3) is 3.14. The maximum absolute atomic E-state index is 11.8. The van der Waals surface area contributed by atoms with E-state index in [1.807, 2.05) is 17.0 Å². The second-order valence-corrected chi connectivity index (χ2v) is 6.72. The molecule has 1 saturated carbocycles. The molecule has 0 amide bonds. The number of nitro groups is 1. The number of nitrogens with zero attached hydrogens (tertiary/aromatic N) is 4. The van der Waals surface area contributed by atoms with E-state index in [0.29, 0.717) is 18.2 Å². The van der Waals surface area contributed by atoms with Crippen molar-refractivity contribution in [3.63, 3.8) is 0 Å². The summed E-state index contributed by atoms with van der Waals surface area (Å²) >= 11 is 0. The Kier molecular flexibility index (Phi) is 4.21. The molecular formula is C18H21N5O2. The van der Waals surface area contributed by atoms with Crippen molar-refractivity contribution < 1.29 is 4.92 Å². The summed E-state index contributed by atoms with van der Waals surface area (Å²) < 4.78 is 0. The number of fused-ring (bicyclic) bond motifs is 1. The SMILES string of the molecule is O=[N+]([O-])c1c(NC2CCCC2)ncnc1N1CCc2ccccc2C1. The highest BCUT2D eigenvalue weighted by molar-refractivity contribution is 5.71. The van der Waals surface area contributed by atoms with Gasteiger partial charge in [0.25, 0.3) is 0 Å². The first-order valence-corrected chi connectivity index (χ1v) is 8.80. The molecule has 7 heteroatoms. The zero-order valence-corrected chi connectivity index (χ0v) is 14.0. The van der Waals surface area contributed by atoms with Crippen LogP contribution in [0.25, 0.3) is 0 Å². The normalized spacial score (nSPS) is 17.4. The number of aromatic nitrogens is 2. The van der Waals surface area contributed by atoms with E-state index in [-0.39, 0.29) is 16.7 Å². The van der Waals surface area contributed by atoms with E-state index in [4.69, 9.17) is 0 Å². The van der Waals surface area contributed by atoms with Crippen LogP contribution in [0.3, 0.4) is 0 Å². The van der Waals surface area contributed by atoms with Gasteiger partial charge in [0.2, 0.25) is 11.6 Å². The van der Waals surface area contributed by atoms with Gasteiger partial charge in [-0.1, -0.05) is 37.1 Å². The van der Waals surface area contributed by atoms with Crippen LogP contribution in [0.5, 0.6) is 0 Å². The van der Waals surface area contributed by atoms with E-state index < -0.39 is 0 Å². The van der Waals surface area contributed by atoms with Crippen LogP contribution in [-0.4, -0.2) is 27.5 Å². The van der Waals surface area contributed by atoms with Crippen LogP contribution >= 0.6 is 0 Å². The summed E-state index contributed by atoms with van der Waals surface area (Å²) in [6, 6.07) is 8.50. The molecule has 1 aliphatic carbocycles. The Morgan fingerprint density at radius 1 is 1.16 bits per heavy atom. The van der Waals surface area contributed by atoms with Gasteiger partial charge in [0.05, 0.1) is 4.92 Å². The summed E-state index contributed by atoms with van der Waals surface area (Å²) in [5.74, 6) is 0.760. The van der Waals surface area contributed by atoms with Crippen molar-refractivity contribution in [3.05, 3.63) is 51.8 Å². The second-order valence-electron chi connectivity index (χ2n) is 6.72. The first kappa shape index (κ1) is 15.8. The number of benzene rings is 1. The summed E-state index contributed by atoms with van der Waals surface area (Å²) in [5, 5.41) is 15.0. The zero-order chi connectivity index (χ0) is 17.2.